The molecule has 25 heavy (non-hydrogen) atoms. The number of nitro benzene ring substituents is 1. The number of halogens is 1. The van der Waals surface area contributed by atoms with Gasteiger partial charge in [0.1, 0.15) is 0 Å². The van der Waals surface area contributed by atoms with Crippen LogP contribution in [0.4, 0.5) is 15.8 Å². The van der Waals surface area contributed by atoms with Gasteiger partial charge in [-0.05, 0) is 24.3 Å². The molecule has 1 aromatic heterocycles. The number of thiazole rings is 1. The van der Waals surface area contributed by atoms with E-state index in [4.69, 9.17) is 0 Å². The fraction of sp³-hybridized carbons (Fsp3) is 0.125. The molecule has 0 radical (unpaired) electrons. The van der Waals surface area contributed by atoms with Gasteiger partial charge in [0.2, 0.25) is 11.7 Å². The van der Waals surface area contributed by atoms with Gasteiger partial charge >= 0.3 is 10.6 Å². The number of amides is 1. The number of aromatic nitrogens is 1. The van der Waals surface area contributed by atoms with Crippen molar-refractivity contribution in [3.8, 4) is 0 Å². The van der Waals surface area contributed by atoms with Gasteiger partial charge in [-0.1, -0.05) is 23.5 Å². The molecule has 3 rings (SSSR count). The maximum Gasteiger partial charge on any atom is 0.308 e. The highest BCUT2D eigenvalue weighted by atomic mass is 32.1. The smallest absolute Gasteiger partial charge is 0.308 e. The number of fused-ring (bicyclic) bond motifs is 1. The summed E-state index contributed by atoms with van der Waals surface area (Å²) in [5.41, 5.74) is 0.168. The molecular formula is C16H12FN3O4S. The molecule has 1 N–H and O–H groups in total. The summed E-state index contributed by atoms with van der Waals surface area (Å²) >= 11 is 1.10. The Labute approximate surface area is 144 Å². The van der Waals surface area contributed by atoms with E-state index in [2.05, 4.69) is 5.32 Å². The van der Waals surface area contributed by atoms with Crippen molar-refractivity contribution in [1.82, 2.24) is 4.57 Å². The van der Waals surface area contributed by atoms with E-state index in [0.29, 0.717) is 0 Å². The second kappa shape index (κ2) is 6.81. The van der Waals surface area contributed by atoms with Crippen molar-refractivity contribution in [2.75, 3.05) is 5.32 Å². The zero-order valence-electron chi connectivity index (χ0n) is 12.8. The van der Waals surface area contributed by atoms with E-state index in [1.807, 2.05) is 18.2 Å². The molecule has 0 saturated heterocycles. The minimum absolute atomic E-state index is 0.00576. The summed E-state index contributed by atoms with van der Waals surface area (Å²) in [5, 5.41) is 13.2. The minimum atomic E-state index is -0.973. The SMILES string of the molecule is O=C(CCn1c(=O)sc2ccccc21)Nc1ccc(F)c([N+](=O)[O-])c1. The van der Waals surface area contributed by atoms with Crippen LogP contribution in [-0.2, 0) is 11.3 Å². The molecule has 0 aliphatic carbocycles. The topological polar surface area (TPSA) is 94.2 Å². The first-order valence-corrected chi connectivity index (χ1v) is 8.09. The standard InChI is InChI=1S/C16H12FN3O4S/c17-11-6-5-10(9-13(11)20(23)24)18-15(21)7-8-19-12-3-1-2-4-14(12)25-16(19)22/h1-6,9H,7-8H2,(H,18,21). The molecule has 128 valence electrons. The Balaban J connectivity index is 1.71. The lowest BCUT2D eigenvalue weighted by Gasteiger charge is -2.06. The molecule has 9 heteroatoms. The monoisotopic (exact) mass is 361 g/mol. The third-order valence-electron chi connectivity index (χ3n) is 3.56. The number of hydrogen-bond acceptors (Lipinski definition) is 5. The van der Waals surface area contributed by atoms with Crippen LogP contribution in [0.2, 0.25) is 0 Å². The summed E-state index contributed by atoms with van der Waals surface area (Å²) in [6.07, 6.45) is 0.00576. The molecule has 1 heterocycles. The van der Waals surface area contributed by atoms with E-state index in [1.165, 1.54) is 10.6 Å². The Hall–Kier alpha value is -3.07. The van der Waals surface area contributed by atoms with E-state index in [1.54, 1.807) is 6.07 Å². The van der Waals surface area contributed by atoms with Gasteiger partial charge in [0.25, 0.3) is 0 Å². The molecule has 0 spiro atoms. The summed E-state index contributed by atoms with van der Waals surface area (Å²) in [7, 11) is 0. The second-order valence-corrected chi connectivity index (χ2v) is 6.20. The molecule has 7 nitrogen and oxygen atoms in total. The van der Waals surface area contributed by atoms with Crippen LogP contribution in [0, 0.1) is 15.9 Å². The predicted octanol–water partition coefficient (Wildman–Crippen LogP) is 3.14. The quantitative estimate of drug-likeness (QED) is 0.558. The number of aryl methyl sites for hydroxylation is 1. The van der Waals surface area contributed by atoms with Crippen LogP contribution in [0.15, 0.2) is 47.3 Å². The molecule has 0 unspecified atom stereocenters. The van der Waals surface area contributed by atoms with Crippen LogP contribution in [0.1, 0.15) is 6.42 Å². The summed E-state index contributed by atoms with van der Waals surface area (Å²) in [6, 6.07) is 10.4. The lowest BCUT2D eigenvalue weighted by molar-refractivity contribution is -0.387. The van der Waals surface area contributed by atoms with E-state index < -0.39 is 22.3 Å². The Morgan fingerprint density at radius 3 is 2.80 bits per heavy atom. The van der Waals surface area contributed by atoms with Crippen LogP contribution in [0.3, 0.4) is 0 Å². The first-order chi connectivity index (χ1) is 12.0. The van der Waals surface area contributed by atoms with Crippen molar-refractivity contribution >= 4 is 38.8 Å². The van der Waals surface area contributed by atoms with Crippen LogP contribution in [0.25, 0.3) is 10.2 Å². The molecular weight excluding hydrogens is 349 g/mol. The van der Waals surface area contributed by atoms with Crippen molar-refractivity contribution in [2.45, 2.75) is 13.0 Å². The van der Waals surface area contributed by atoms with Gasteiger partial charge in [-0.15, -0.1) is 0 Å². The third kappa shape index (κ3) is 3.56. The van der Waals surface area contributed by atoms with Gasteiger partial charge in [-0.2, -0.15) is 4.39 Å². The molecule has 0 bridgehead atoms. The number of benzene rings is 2. The van der Waals surface area contributed by atoms with Gasteiger partial charge in [0, 0.05) is 24.7 Å². The first-order valence-electron chi connectivity index (χ1n) is 7.28. The maximum absolute atomic E-state index is 13.3. The average molecular weight is 361 g/mol. The van der Waals surface area contributed by atoms with Crippen molar-refractivity contribution in [2.24, 2.45) is 0 Å². The van der Waals surface area contributed by atoms with E-state index in [-0.39, 0.29) is 23.5 Å². The van der Waals surface area contributed by atoms with Crippen molar-refractivity contribution in [3.05, 3.63) is 68.1 Å². The summed E-state index contributed by atoms with van der Waals surface area (Å²) in [5.74, 6) is -1.40. The van der Waals surface area contributed by atoms with Gasteiger partial charge in [-0.25, -0.2) is 0 Å². The third-order valence-corrected chi connectivity index (χ3v) is 4.52. The summed E-state index contributed by atoms with van der Waals surface area (Å²) in [6.45, 7) is 0.179. The number of carbonyl (C=O) groups is 1. The Bertz CT molecular complexity index is 1030. The molecule has 0 aliphatic heterocycles. The molecule has 0 saturated carbocycles. The van der Waals surface area contributed by atoms with Crippen molar-refractivity contribution < 1.29 is 14.1 Å². The van der Waals surface area contributed by atoms with E-state index in [0.717, 1.165) is 33.7 Å². The zero-order chi connectivity index (χ0) is 18.0. The van der Waals surface area contributed by atoms with Gasteiger partial charge < -0.3 is 5.32 Å². The zero-order valence-corrected chi connectivity index (χ0v) is 13.6. The van der Waals surface area contributed by atoms with E-state index >= 15 is 0 Å². The normalized spacial score (nSPS) is 10.8. The van der Waals surface area contributed by atoms with Crippen LogP contribution in [0.5, 0.6) is 0 Å². The molecule has 1 amide bonds. The molecule has 0 atom stereocenters. The van der Waals surface area contributed by atoms with Crippen molar-refractivity contribution in [3.63, 3.8) is 0 Å². The summed E-state index contributed by atoms with van der Waals surface area (Å²) in [4.78, 5) is 33.7. The number of anilines is 1. The Morgan fingerprint density at radius 2 is 2.04 bits per heavy atom. The molecule has 0 aliphatic rings. The fourth-order valence-electron chi connectivity index (χ4n) is 2.39. The molecule has 0 fully saturated rings. The highest BCUT2D eigenvalue weighted by Gasteiger charge is 2.15. The van der Waals surface area contributed by atoms with Crippen LogP contribution in [-0.4, -0.2) is 15.4 Å². The molecule has 2 aromatic carbocycles. The average Bonchev–Trinajstić information content (AvgIpc) is 2.89. The lowest BCUT2D eigenvalue weighted by atomic mass is 10.2. The second-order valence-electron chi connectivity index (χ2n) is 5.21. The van der Waals surface area contributed by atoms with Crippen LogP contribution >= 0.6 is 11.3 Å². The number of hydrogen-bond donors (Lipinski definition) is 1. The highest BCUT2D eigenvalue weighted by Crippen LogP contribution is 2.22. The fourth-order valence-corrected chi connectivity index (χ4v) is 3.31. The highest BCUT2D eigenvalue weighted by molar-refractivity contribution is 7.16. The number of nitrogens with zero attached hydrogens (tertiary/aromatic N) is 2. The van der Waals surface area contributed by atoms with Gasteiger partial charge in [0.05, 0.1) is 15.1 Å². The van der Waals surface area contributed by atoms with Gasteiger partial charge in [0.15, 0.2) is 0 Å². The maximum atomic E-state index is 13.3. The number of nitrogens with one attached hydrogen (secondary N) is 1. The molecule has 3 aromatic rings. The van der Waals surface area contributed by atoms with Crippen LogP contribution < -0.4 is 10.2 Å². The Kier molecular flexibility index (Phi) is 4.57. The van der Waals surface area contributed by atoms with Gasteiger partial charge in [-0.3, -0.25) is 24.3 Å². The largest absolute Gasteiger partial charge is 0.326 e. The predicted molar refractivity (Wildman–Crippen MR) is 92.4 cm³/mol. The summed E-state index contributed by atoms with van der Waals surface area (Å²) < 4.78 is 15.6. The number of carbonyl (C=O) groups excluding carboxylic acids is 1. The minimum Gasteiger partial charge on any atom is -0.326 e. The first kappa shape index (κ1) is 16.8. The van der Waals surface area contributed by atoms with E-state index in [9.17, 15) is 24.1 Å². The number of rotatable bonds is 5. The number of para-hydroxylation sites is 1. The number of nitro groups is 1. The van der Waals surface area contributed by atoms with Crippen molar-refractivity contribution in [1.29, 1.82) is 0 Å². The Morgan fingerprint density at radius 1 is 1.28 bits per heavy atom. The lowest BCUT2D eigenvalue weighted by Crippen LogP contribution is -2.19.